The van der Waals surface area contributed by atoms with Crippen molar-refractivity contribution in [3.63, 3.8) is 0 Å². The SMILES string of the molecule is COc1cc(F)c2c(c1)[C@@]1(COC(N)=N1)c1cc(Br)c(F)cc1O2. The fourth-order valence-corrected chi connectivity index (χ4v) is 3.34. The average Bonchev–Trinajstić information content (AvgIpc) is 2.93. The second-order valence-electron chi connectivity index (χ2n) is 5.45. The smallest absolute Gasteiger partial charge is 0.283 e. The molecule has 5 nitrogen and oxygen atoms in total. The second kappa shape index (κ2) is 5.07. The third-order valence-electron chi connectivity index (χ3n) is 4.11. The molecule has 0 amide bonds. The van der Waals surface area contributed by atoms with E-state index < -0.39 is 17.2 Å². The zero-order valence-corrected chi connectivity index (χ0v) is 14.0. The van der Waals surface area contributed by atoms with Crippen LogP contribution in [0.15, 0.2) is 33.7 Å². The van der Waals surface area contributed by atoms with Crippen molar-refractivity contribution in [2.45, 2.75) is 5.54 Å². The number of hydrogen-bond acceptors (Lipinski definition) is 5. The Morgan fingerprint density at radius 1 is 1.21 bits per heavy atom. The van der Waals surface area contributed by atoms with Crippen LogP contribution in [-0.2, 0) is 10.3 Å². The molecule has 2 aliphatic rings. The number of amidine groups is 1. The van der Waals surface area contributed by atoms with E-state index in [1.165, 1.54) is 25.3 Å². The van der Waals surface area contributed by atoms with E-state index in [0.717, 1.165) is 0 Å². The van der Waals surface area contributed by atoms with E-state index in [-0.39, 0.29) is 28.6 Å². The minimum absolute atomic E-state index is 0.0301. The van der Waals surface area contributed by atoms with Gasteiger partial charge in [-0.25, -0.2) is 13.8 Å². The summed E-state index contributed by atoms with van der Waals surface area (Å²) in [7, 11) is 1.43. The van der Waals surface area contributed by atoms with Crippen molar-refractivity contribution in [1.29, 1.82) is 0 Å². The third-order valence-corrected chi connectivity index (χ3v) is 4.72. The van der Waals surface area contributed by atoms with Crippen LogP contribution < -0.4 is 15.2 Å². The minimum atomic E-state index is -1.13. The van der Waals surface area contributed by atoms with E-state index in [1.54, 1.807) is 6.07 Å². The number of nitrogens with zero attached hydrogens (tertiary/aromatic N) is 1. The number of aliphatic imine (C=N–C) groups is 1. The van der Waals surface area contributed by atoms with Crippen LogP contribution in [0.5, 0.6) is 17.2 Å². The maximum Gasteiger partial charge on any atom is 0.283 e. The Morgan fingerprint density at radius 3 is 2.67 bits per heavy atom. The molecule has 2 heterocycles. The summed E-state index contributed by atoms with van der Waals surface area (Å²) in [6.45, 7) is 0.0485. The maximum atomic E-state index is 14.5. The van der Waals surface area contributed by atoms with Gasteiger partial charge in [0.05, 0.1) is 11.6 Å². The van der Waals surface area contributed by atoms with Gasteiger partial charge in [-0.15, -0.1) is 0 Å². The van der Waals surface area contributed by atoms with Crippen LogP contribution >= 0.6 is 15.9 Å². The molecule has 2 aromatic rings. The number of methoxy groups -OCH3 is 1. The first kappa shape index (κ1) is 15.2. The first-order valence-electron chi connectivity index (χ1n) is 6.98. The van der Waals surface area contributed by atoms with Crippen LogP contribution in [-0.4, -0.2) is 19.7 Å². The highest BCUT2D eigenvalue weighted by atomic mass is 79.9. The molecule has 8 heteroatoms. The molecule has 0 radical (unpaired) electrons. The Kier molecular flexibility index (Phi) is 3.21. The first-order valence-corrected chi connectivity index (χ1v) is 7.77. The topological polar surface area (TPSA) is 66.1 Å². The van der Waals surface area contributed by atoms with Crippen LogP contribution in [0.25, 0.3) is 0 Å². The summed E-state index contributed by atoms with van der Waals surface area (Å²) in [5, 5.41) is 0. The molecule has 124 valence electrons. The third kappa shape index (κ3) is 1.99. The summed E-state index contributed by atoms with van der Waals surface area (Å²) in [4.78, 5) is 4.38. The molecule has 4 rings (SSSR count). The molecule has 0 saturated carbocycles. The standard InChI is InChI=1S/C16H11BrF2N2O3/c1-22-7-2-9-14(12(19)3-7)24-13-5-11(18)10(17)4-8(13)16(9)6-23-15(20)21-16/h2-5H,6H2,1H3,(H2,20,21)/t16-/m1/s1. The number of halogens is 3. The predicted molar refractivity (Wildman–Crippen MR) is 85.5 cm³/mol. The van der Waals surface area contributed by atoms with Gasteiger partial charge < -0.3 is 19.9 Å². The Bertz CT molecular complexity index is 903. The van der Waals surface area contributed by atoms with Crippen molar-refractivity contribution in [3.8, 4) is 17.2 Å². The molecule has 0 aromatic heterocycles. The van der Waals surface area contributed by atoms with Crippen LogP contribution in [0.3, 0.4) is 0 Å². The molecule has 1 atom stereocenters. The van der Waals surface area contributed by atoms with Gasteiger partial charge in [0.25, 0.3) is 6.02 Å². The van der Waals surface area contributed by atoms with Crippen LogP contribution in [0.2, 0.25) is 0 Å². The molecule has 2 aliphatic heterocycles. The minimum Gasteiger partial charge on any atom is -0.497 e. The second-order valence-corrected chi connectivity index (χ2v) is 6.30. The highest BCUT2D eigenvalue weighted by Gasteiger charge is 2.48. The zero-order valence-electron chi connectivity index (χ0n) is 12.4. The van der Waals surface area contributed by atoms with Gasteiger partial charge in [-0.2, -0.15) is 0 Å². The summed E-state index contributed by atoms with van der Waals surface area (Å²) in [5.74, 6) is -0.753. The van der Waals surface area contributed by atoms with Gasteiger partial charge in [-0.3, -0.25) is 0 Å². The summed E-state index contributed by atoms with van der Waals surface area (Å²) in [5.41, 5.74) is 5.51. The number of rotatable bonds is 1. The molecule has 0 aliphatic carbocycles. The quantitative estimate of drug-likeness (QED) is 0.801. The summed E-state index contributed by atoms with van der Waals surface area (Å²) < 4.78 is 44.7. The summed E-state index contributed by atoms with van der Waals surface area (Å²) in [6, 6.07) is 5.49. The highest BCUT2D eigenvalue weighted by molar-refractivity contribution is 9.10. The number of nitrogens with two attached hydrogens (primary N) is 1. The molecule has 0 unspecified atom stereocenters. The number of fused-ring (bicyclic) bond motifs is 4. The Morgan fingerprint density at radius 2 is 2.00 bits per heavy atom. The van der Waals surface area contributed by atoms with Crippen molar-refractivity contribution in [1.82, 2.24) is 0 Å². The van der Waals surface area contributed by atoms with Crippen molar-refractivity contribution in [2.24, 2.45) is 10.7 Å². The molecule has 1 spiro atoms. The molecule has 2 aromatic carbocycles. The number of hydrogen-bond donors (Lipinski definition) is 1. The molecular formula is C16H11BrF2N2O3. The van der Waals surface area contributed by atoms with Gasteiger partial charge in [-0.1, -0.05) is 0 Å². The molecule has 0 bridgehead atoms. The van der Waals surface area contributed by atoms with E-state index in [9.17, 15) is 8.78 Å². The lowest BCUT2D eigenvalue weighted by molar-refractivity contribution is 0.260. The summed E-state index contributed by atoms with van der Waals surface area (Å²) >= 11 is 3.15. The maximum absolute atomic E-state index is 14.5. The van der Waals surface area contributed by atoms with Gasteiger partial charge in [0.1, 0.15) is 23.9 Å². The molecule has 24 heavy (non-hydrogen) atoms. The van der Waals surface area contributed by atoms with Crippen LogP contribution in [0, 0.1) is 11.6 Å². The van der Waals surface area contributed by atoms with Crippen molar-refractivity contribution >= 4 is 22.0 Å². The van der Waals surface area contributed by atoms with Gasteiger partial charge in [-0.05, 0) is 28.1 Å². The lowest BCUT2D eigenvalue weighted by atomic mass is 9.81. The monoisotopic (exact) mass is 396 g/mol. The van der Waals surface area contributed by atoms with E-state index in [0.29, 0.717) is 16.9 Å². The van der Waals surface area contributed by atoms with Crippen LogP contribution in [0.4, 0.5) is 8.78 Å². The van der Waals surface area contributed by atoms with Crippen molar-refractivity contribution in [2.75, 3.05) is 13.7 Å². The van der Waals surface area contributed by atoms with Gasteiger partial charge in [0.2, 0.25) is 0 Å². The van der Waals surface area contributed by atoms with E-state index in [4.69, 9.17) is 19.9 Å². The highest BCUT2D eigenvalue weighted by Crippen LogP contribution is 2.53. The fourth-order valence-electron chi connectivity index (χ4n) is 3.00. The Hall–Kier alpha value is -2.35. The average molecular weight is 397 g/mol. The normalized spacial score (nSPS) is 20.8. The molecule has 0 fully saturated rings. The lowest BCUT2D eigenvalue weighted by Crippen LogP contribution is -2.31. The zero-order chi connectivity index (χ0) is 17.1. The van der Waals surface area contributed by atoms with Crippen molar-refractivity contribution in [3.05, 3.63) is 51.5 Å². The Balaban J connectivity index is 2.06. The lowest BCUT2D eigenvalue weighted by Gasteiger charge is -2.33. The number of ether oxygens (including phenoxy) is 3. The predicted octanol–water partition coefficient (Wildman–Crippen LogP) is 3.43. The molecular weight excluding hydrogens is 386 g/mol. The molecule has 0 saturated heterocycles. The van der Waals surface area contributed by atoms with Gasteiger partial charge >= 0.3 is 0 Å². The van der Waals surface area contributed by atoms with Crippen molar-refractivity contribution < 1.29 is 23.0 Å². The Labute approximate surface area is 144 Å². The fraction of sp³-hybridized carbons (Fsp3) is 0.188. The first-order chi connectivity index (χ1) is 11.4. The van der Waals surface area contributed by atoms with E-state index in [2.05, 4.69) is 20.9 Å². The van der Waals surface area contributed by atoms with Crippen LogP contribution in [0.1, 0.15) is 11.1 Å². The van der Waals surface area contributed by atoms with Gasteiger partial charge in [0, 0.05) is 23.3 Å². The van der Waals surface area contributed by atoms with Gasteiger partial charge in [0.15, 0.2) is 17.1 Å². The number of benzene rings is 2. The van der Waals surface area contributed by atoms with E-state index in [1.807, 2.05) is 0 Å². The molecule has 2 N–H and O–H groups in total. The summed E-state index contributed by atoms with van der Waals surface area (Å²) in [6.07, 6.45) is 0. The van der Waals surface area contributed by atoms with E-state index >= 15 is 0 Å². The largest absolute Gasteiger partial charge is 0.497 e.